The maximum absolute atomic E-state index is 11.5. The number of halogens is 1. The highest BCUT2D eigenvalue weighted by Crippen LogP contribution is 2.41. The van der Waals surface area contributed by atoms with Gasteiger partial charge in [-0.15, -0.1) is 0 Å². The Hall–Kier alpha value is -1.75. The summed E-state index contributed by atoms with van der Waals surface area (Å²) in [4.78, 5) is 22.3. The van der Waals surface area contributed by atoms with Gasteiger partial charge in [-0.3, -0.25) is 9.59 Å². The van der Waals surface area contributed by atoms with E-state index in [-0.39, 0.29) is 12.8 Å². The van der Waals surface area contributed by atoms with Crippen molar-refractivity contribution in [3.05, 3.63) is 29.3 Å². The van der Waals surface area contributed by atoms with Crippen LogP contribution in [0, 0.1) is 5.92 Å². The van der Waals surface area contributed by atoms with Crippen molar-refractivity contribution in [3.63, 3.8) is 0 Å². The van der Waals surface area contributed by atoms with Gasteiger partial charge in [-0.1, -0.05) is 23.7 Å². The second-order valence-electron chi connectivity index (χ2n) is 4.49. The molecule has 2 rings (SSSR count). The van der Waals surface area contributed by atoms with Crippen LogP contribution >= 0.6 is 11.6 Å². The van der Waals surface area contributed by atoms with E-state index in [1.54, 1.807) is 24.3 Å². The van der Waals surface area contributed by atoms with Gasteiger partial charge in [0.2, 0.25) is 5.91 Å². The number of anilines is 1. The normalized spacial score (nSPS) is 26.2. The highest BCUT2D eigenvalue weighted by molar-refractivity contribution is 6.33. The van der Waals surface area contributed by atoms with E-state index in [4.69, 9.17) is 22.4 Å². The molecule has 6 heteroatoms. The van der Waals surface area contributed by atoms with Crippen LogP contribution in [0.2, 0.25) is 5.02 Å². The minimum atomic E-state index is -1.01. The summed E-state index contributed by atoms with van der Waals surface area (Å²) < 4.78 is 0. The van der Waals surface area contributed by atoms with Crippen molar-refractivity contribution in [3.8, 4) is 0 Å². The summed E-state index contributed by atoms with van der Waals surface area (Å²) in [6.45, 7) is 0. The van der Waals surface area contributed by atoms with Gasteiger partial charge in [0.15, 0.2) is 0 Å². The van der Waals surface area contributed by atoms with Gasteiger partial charge in [0.05, 0.1) is 16.6 Å². The number of hydrogen-bond acceptors (Lipinski definition) is 3. The zero-order valence-corrected chi connectivity index (χ0v) is 10.3. The fraction of sp³-hybridized carbons (Fsp3) is 0.333. The highest BCUT2D eigenvalue weighted by atomic mass is 35.5. The quantitative estimate of drug-likeness (QED) is 0.771. The van der Waals surface area contributed by atoms with Crippen LogP contribution in [0.25, 0.3) is 0 Å². The Morgan fingerprint density at radius 1 is 1.39 bits per heavy atom. The van der Waals surface area contributed by atoms with Crippen molar-refractivity contribution < 1.29 is 14.7 Å². The minimum Gasteiger partial charge on any atom is -0.481 e. The summed E-state index contributed by atoms with van der Waals surface area (Å²) in [7, 11) is 0. The number of carboxylic acid groups (broad SMARTS) is 1. The molecule has 0 heterocycles. The molecule has 0 aliphatic heterocycles. The van der Waals surface area contributed by atoms with Gasteiger partial charge in [0.25, 0.3) is 0 Å². The predicted molar refractivity (Wildman–Crippen MR) is 67.4 cm³/mol. The number of aliphatic carboxylic acids is 1. The Bertz CT molecular complexity index is 498. The third-order valence-electron chi connectivity index (χ3n) is 3.26. The van der Waals surface area contributed by atoms with E-state index in [1.807, 2.05) is 0 Å². The first-order valence-electron chi connectivity index (χ1n) is 5.50. The Morgan fingerprint density at radius 2 is 2.00 bits per heavy atom. The van der Waals surface area contributed by atoms with E-state index >= 15 is 0 Å². The number of primary amides is 1. The molecule has 18 heavy (non-hydrogen) atoms. The van der Waals surface area contributed by atoms with Gasteiger partial charge in [-0.05, 0) is 25.0 Å². The minimum absolute atomic E-state index is 0.183. The fourth-order valence-electron chi connectivity index (χ4n) is 2.14. The second kappa shape index (κ2) is 4.49. The SMILES string of the molecule is NC(=O)C1(Nc2ccccc2Cl)CC(C(=O)O)C1. The number of carboxylic acids is 1. The molecule has 0 atom stereocenters. The molecule has 1 amide bonds. The van der Waals surface area contributed by atoms with E-state index in [2.05, 4.69) is 5.32 Å². The number of nitrogens with one attached hydrogen (secondary N) is 1. The van der Waals surface area contributed by atoms with E-state index in [0.29, 0.717) is 10.7 Å². The van der Waals surface area contributed by atoms with E-state index in [0.717, 1.165) is 0 Å². The van der Waals surface area contributed by atoms with Crippen LogP contribution in [0.4, 0.5) is 5.69 Å². The first-order chi connectivity index (χ1) is 8.44. The summed E-state index contributed by atoms with van der Waals surface area (Å²) in [5, 5.41) is 12.3. The number of para-hydroxylation sites is 1. The van der Waals surface area contributed by atoms with E-state index < -0.39 is 23.3 Å². The maximum Gasteiger partial charge on any atom is 0.306 e. The number of hydrogen-bond donors (Lipinski definition) is 3. The molecule has 1 saturated carbocycles. The standard InChI is InChI=1S/C12H13ClN2O3/c13-8-3-1-2-4-9(8)15-12(11(14)18)5-7(6-12)10(16)17/h1-4,7,15H,5-6H2,(H2,14,18)(H,16,17). The first-order valence-corrected chi connectivity index (χ1v) is 5.88. The summed E-state index contributed by atoms with van der Waals surface area (Å²) >= 11 is 5.98. The number of benzene rings is 1. The number of carbonyl (C=O) groups excluding carboxylic acids is 1. The van der Waals surface area contributed by atoms with Crippen molar-refractivity contribution in [1.29, 1.82) is 0 Å². The van der Waals surface area contributed by atoms with Crippen LogP contribution < -0.4 is 11.1 Å². The largest absolute Gasteiger partial charge is 0.481 e. The summed E-state index contributed by atoms with van der Waals surface area (Å²) in [5.74, 6) is -2.00. The molecule has 1 aliphatic carbocycles. The summed E-state index contributed by atoms with van der Waals surface area (Å²) in [6.07, 6.45) is 0.367. The third-order valence-corrected chi connectivity index (χ3v) is 3.59. The Kier molecular flexibility index (Phi) is 3.17. The molecular formula is C12H13ClN2O3. The molecular weight excluding hydrogens is 256 g/mol. The van der Waals surface area contributed by atoms with Crippen LogP contribution in [0.15, 0.2) is 24.3 Å². The van der Waals surface area contributed by atoms with Crippen molar-refractivity contribution in [2.24, 2.45) is 11.7 Å². The average Bonchev–Trinajstić information content (AvgIpc) is 2.24. The van der Waals surface area contributed by atoms with Gasteiger partial charge in [-0.25, -0.2) is 0 Å². The smallest absolute Gasteiger partial charge is 0.306 e. The van der Waals surface area contributed by atoms with Crippen LogP contribution in [-0.2, 0) is 9.59 Å². The van der Waals surface area contributed by atoms with E-state index in [9.17, 15) is 9.59 Å². The molecule has 1 aliphatic rings. The molecule has 0 saturated heterocycles. The van der Waals surface area contributed by atoms with Crippen LogP contribution in [0.5, 0.6) is 0 Å². The van der Waals surface area contributed by atoms with E-state index in [1.165, 1.54) is 0 Å². The van der Waals surface area contributed by atoms with Gasteiger partial charge < -0.3 is 16.2 Å². The lowest BCUT2D eigenvalue weighted by Gasteiger charge is -2.44. The molecule has 5 nitrogen and oxygen atoms in total. The van der Waals surface area contributed by atoms with Crippen molar-refractivity contribution in [1.82, 2.24) is 0 Å². The monoisotopic (exact) mass is 268 g/mol. The molecule has 0 spiro atoms. The number of rotatable bonds is 4. The van der Waals surface area contributed by atoms with Crippen molar-refractivity contribution >= 4 is 29.2 Å². The number of nitrogens with two attached hydrogens (primary N) is 1. The lowest BCUT2D eigenvalue weighted by molar-refractivity contribution is -0.148. The van der Waals surface area contributed by atoms with Crippen molar-refractivity contribution in [2.75, 3.05) is 5.32 Å². The zero-order chi connectivity index (χ0) is 13.3. The molecule has 0 bridgehead atoms. The molecule has 1 aromatic rings. The predicted octanol–water partition coefficient (Wildman–Crippen LogP) is 1.47. The van der Waals surface area contributed by atoms with Crippen LogP contribution in [0.1, 0.15) is 12.8 Å². The Labute approximate surface area is 109 Å². The first kappa shape index (κ1) is 12.7. The molecule has 1 fully saturated rings. The Morgan fingerprint density at radius 3 is 2.50 bits per heavy atom. The molecule has 1 aromatic carbocycles. The summed E-state index contributed by atoms with van der Waals surface area (Å²) in [5.41, 5.74) is 4.93. The molecule has 4 N–H and O–H groups in total. The topological polar surface area (TPSA) is 92.4 Å². The highest BCUT2D eigenvalue weighted by Gasteiger charge is 2.52. The van der Waals surface area contributed by atoms with Crippen LogP contribution in [-0.4, -0.2) is 22.5 Å². The van der Waals surface area contributed by atoms with Crippen LogP contribution in [0.3, 0.4) is 0 Å². The van der Waals surface area contributed by atoms with Gasteiger partial charge in [0, 0.05) is 0 Å². The van der Waals surface area contributed by atoms with Gasteiger partial charge in [-0.2, -0.15) is 0 Å². The third kappa shape index (κ3) is 2.13. The lowest BCUT2D eigenvalue weighted by atomic mass is 9.67. The molecule has 0 unspecified atom stereocenters. The number of amides is 1. The second-order valence-corrected chi connectivity index (χ2v) is 4.90. The average molecular weight is 269 g/mol. The number of carbonyl (C=O) groups is 2. The maximum atomic E-state index is 11.5. The van der Waals surface area contributed by atoms with Gasteiger partial charge in [0.1, 0.15) is 5.54 Å². The fourth-order valence-corrected chi connectivity index (χ4v) is 2.32. The molecule has 96 valence electrons. The Balaban J connectivity index is 2.17. The van der Waals surface area contributed by atoms with Gasteiger partial charge >= 0.3 is 5.97 Å². The summed E-state index contributed by atoms with van der Waals surface area (Å²) in [6, 6.07) is 6.95. The van der Waals surface area contributed by atoms with Crippen molar-refractivity contribution in [2.45, 2.75) is 18.4 Å². The lowest BCUT2D eigenvalue weighted by Crippen LogP contribution is -2.60. The molecule has 0 radical (unpaired) electrons. The zero-order valence-electron chi connectivity index (χ0n) is 9.52. The molecule has 0 aromatic heterocycles.